The van der Waals surface area contributed by atoms with Crippen molar-refractivity contribution in [1.82, 2.24) is 0 Å². The molecule has 0 radical (unpaired) electrons. The zero-order chi connectivity index (χ0) is 9.56. The Bertz CT molecular complexity index is 138. The van der Waals surface area contributed by atoms with Gasteiger partial charge in [0, 0.05) is 6.61 Å². The Morgan fingerprint density at radius 1 is 1.50 bits per heavy atom. The van der Waals surface area contributed by atoms with Crippen LogP contribution in [0.1, 0.15) is 27.2 Å². The highest BCUT2D eigenvalue weighted by Crippen LogP contribution is 2.07. The van der Waals surface area contributed by atoms with Gasteiger partial charge in [-0.3, -0.25) is 0 Å². The second-order valence-corrected chi connectivity index (χ2v) is 2.54. The Kier molecular flexibility index (Phi) is 5.45. The van der Waals surface area contributed by atoms with Crippen molar-refractivity contribution in [3.63, 3.8) is 0 Å². The first-order valence-corrected chi connectivity index (χ1v) is 4.19. The van der Waals surface area contributed by atoms with Crippen LogP contribution in [0.3, 0.4) is 0 Å². The molecule has 0 saturated heterocycles. The minimum Gasteiger partial charge on any atom is -0.444 e. The molecule has 0 aliphatic heterocycles. The number of ether oxygens (including phenoxy) is 2. The Morgan fingerprint density at radius 3 is 2.42 bits per heavy atom. The summed E-state index contributed by atoms with van der Waals surface area (Å²) in [6, 6.07) is 0. The summed E-state index contributed by atoms with van der Waals surface area (Å²) in [5.74, 6) is 0. The van der Waals surface area contributed by atoms with Gasteiger partial charge in [-0.05, 0) is 20.3 Å². The first-order chi connectivity index (χ1) is 5.61. The standard InChI is InChI=1S/C8H17NO3/c1-4-7(11-5-2)6(3)12-8(9)10/h6-7H,4-5H2,1-3H3,(H2,9,10). The van der Waals surface area contributed by atoms with Crippen LogP contribution in [0.2, 0.25) is 0 Å². The molecule has 0 aliphatic rings. The summed E-state index contributed by atoms with van der Waals surface area (Å²) in [5, 5.41) is 0. The predicted octanol–water partition coefficient (Wildman–Crippen LogP) is 1.29. The minimum absolute atomic E-state index is 0.0532. The molecule has 4 heteroatoms. The van der Waals surface area contributed by atoms with Crippen LogP contribution in [-0.4, -0.2) is 24.9 Å². The smallest absolute Gasteiger partial charge is 0.404 e. The molecule has 0 heterocycles. The van der Waals surface area contributed by atoms with Gasteiger partial charge in [0.1, 0.15) is 6.10 Å². The summed E-state index contributed by atoms with van der Waals surface area (Å²) in [6.45, 7) is 6.26. The fraction of sp³-hybridized carbons (Fsp3) is 0.875. The molecule has 1 amide bonds. The lowest BCUT2D eigenvalue weighted by molar-refractivity contribution is -0.0313. The summed E-state index contributed by atoms with van der Waals surface area (Å²) in [7, 11) is 0. The fourth-order valence-corrected chi connectivity index (χ4v) is 1.06. The van der Waals surface area contributed by atoms with Crippen LogP contribution >= 0.6 is 0 Å². The average Bonchev–Trinajstić information content (AvgIpc) is 1.98. The molecule has 0 spiro atoms. The fourth-order valence-electron chi connectivity index (χ4n) is 1.06. The second-order valence-electron chi connectivity index (χ2n) is 2.54. The molecule has 0 fully saturated rings. The second kappa shape index (κ2) is 5.83. The SMILES string of the molecule is CCOC(CC)C(C)OC(N)=O. The molecule has 2 unspecified atom stereocenters. The molecule has 0 aromatic carbocycles. The molecule has 0 aromatic rings. The number of rotatable bonds is 5. The van der Waals surface area contributed by atoms with E-state index in [2.05, 4.69) is 0 Å². The first kappa shape index (κ1) is 11.2. The third kappa shape index (κ3) is 4.18. The summed E-state index contributed by atoms with van der Waals surface area (Å²) in [5.41, 5.74) is 4.87. The molecule has 12 heavy (non-hydrogen) atoms. The summed E-state index contributed by atoms with van der Waals surface area (Å²) in [4.78, 5) is 10.4. The molecule has 72 valence electrons. The van der Waals surface area contributed by atoms with Crippen molar-refractivity contribution >= 4 is 6.09 Å². The lowest BCUT2D eigenvalue weighted by Gasteiger charge is -2.21. The molecular formula is C8H17NO3. The Hall–Kier alpha value is -0.770. The minimum atomic E-state index is -0.749. The van der Waals surface area contributed by atoms with Gasteiger partial charge in [0.2, 0.25) is 0 Å². The van der Waals surface area contributed by atoms with Gasteiger partial charge in [0.05, 0.1) is 6.10 Å². The number of carbonyl (C=O) groups is 1. The lowest BCUT2D eigenvalue weighted by Crippen LogP contribution is -2.32. The topological polar surface area (TPSA) is 61.6 Å². The summed E-state index contributed by atoms with van der Waals surface area (Å²) >= 11 is 0. The number of nitrogens with two attached hydrogens (primary N) is 1. The third-order valence-electron chi connectivity index (χ3n) is 1.61. The van der Waals surface area contributed by atoms with Crippen molar-refractivity contribution in [2.75, 3.05) is 6.61 Å². The summed E-state index contributed by atoms with van der Waals surface area (Å²) < 4.78 is 10.1. The van der Waals surface area contributed by atoms with E-state index in [9.17, 15) is 4.79 Å². The van der Waals surface area contributed by atoms with Gasteiger partial charge in [0.15, 0.2) is 0 Å². The van der Waals surface area contributed by atoms with E-state index in [-0.39, 0.29) is 12.2 Å². The van der Waals surface area contributed by atoms with E-state index in [0.29, 0.717) is 6.61 Å². The van der Waals surface area contributed by atoms with Crippen molar-refractivity contribution in [2.24, 2.45) is 5.73 Å². The van der Waals surface area contributed by atoms with Crippen LogP contribution in [-0.2, 0) is 9.47 Å². The van der Waals surface area contributed by atoms with Gasteiger partial charge < -0.3 is 15.2 Å². The molecule has 0 aromatic heterocycles. The maximum absolute atomic E-state index is 10.4. The largest absolute Gasteiger partial charge is 0.444 e. The lowest BCUT2D eigenvalue weighted by atomic mass is 10.2. The van der Waals surface area contributed by atoms with Crippen LogP contribution in [0.4, 0.5) is 4.79 Å². The van der Waals surface area contributed by atoms with Crippen LogP contribution in [0.25, 0.3) is 0 Å². The van der Waals surface area contributed by atoms with Gasteiger partial charge in [-0.1, -0.05) is 6.92 Å². The molecule has 4 nitrogen and oxygen atoms in total. The van der Waals surface area contributed by atoms with Gasteiger partial charge in [-0.15, -0.1) is 0 Å². The maximum Gasteiger partial charge on any atom is 0.404 e. The predicted molar refractivity (Wildman–Crippen MR) is 45.8 cm³/mol. The molecule has 0 rings (SSSR count). The number of carbonyl (C=O) groups excluding carboxylic acids is 1. The molecular weight excluding hydrogens is 158 g/mol. The van der Waals surface area contributed by atoms with Crippen LogP contribution < -0.4 is 5.73 Å². The number of primary amides is 1. The van der Waals surface area contributed by atoms with Crippen molar-refractivity contribution in [3.8, 4) is 0 Å². The van der Waals surface area contributed by atoms with E-state index in [1.54, 1.807) is 6.92 Å². The average molecular weight is 175 g/mol. The maximum atomic E-state index is 10.4. The van der Waals surface area contributed by atoms with Gasteiger partial charge in [0.25, 0.3) is 0 Å². The molecule has 2 atom stereocenters. The normalized spacial score (nSPS) is 15.2. The molecule has 2 N–H and O–H groups in total. The Balaban J connectivity index is 3.84. The molecule has 0 aliphatic carbocycles. The van der Waals surface area contributed by atoms with Crippen molar-refractivity contribution in [3.05, 3.63) is 0 Å². The van der Waals surface area contributed by atoms with Crippen molar-refractivity contribution < 1.29 is 14.3 Å². The van der Waals surface area contributed by atoms with Gasteiger partial charge in [-0.2, -0.15) is 0 Å². The van der Waals surface area contributed by atoms with E-state index in [0.717, 1.165) is 6.42 Å². The quantitative estimate of drug-likeness (QED) is 0.684. The van der Waals surface area contributed by atoms with Crippen LogP contribution in [0, 0.1) is 0 Å². The highest BCUT2D eigenvalue weighted by atomic mass is 16.6. The van der Waals surface area contributed by atoms with E-state index < -0.39 is 6.09 Å². The van der Waals surface area contributed by atoms with E-state index in [4.69, 9.17) is 15.2 Å². The Labute approximate surface area is 73.0 Å². The zero-order valence-corrected chi connectivity index (χ0v) is 7.87. The van der Waals surface area contributed by atoms with Gasteiger partial charge in [-0.25, -0.2) is 4.79 Å². The number of hydrogen-bond donors (Lipinski definition) is 1. The summed E-state index contributed by atoms with van der Waals surface area (Å²) in [6.07, 6.45) is -0.266. The monoisotopic (exact) mass is 175 g/mol. The third-order valence-corrected chi connectivity index (χ3v) is 1.61. The first-order valence-electron chi connectivity index (χ1n) is 4.19. The van der Waals surface area contributed by atoms with Crippen LogP contribution in [0.15, 0.2) is 0 Å². The molecule has 0 bridgehead atoms. The Morgan fingerprint density at radius 2 is 2.08 bits per heavy atom. The number of hydrogen-bond acceptors (Lipinski definition) is 3. The highest BCUT2D eigenvalue weighted by molar-refractivity contribution is 5.64. The van der Waals surface area contributed by atoms with Gasteiger partial charge >= 0.3 is 6.09 Å². The van der Waals surface area contributed by atoms with Crippen LogP contribution in [0.5, 0.6) is 0 Å². The number of amides is 1. The van der Waals surface area contributed by atoms with E-state index in [1.807, 2.05) is 13.8 Å². The van der Waals surface area contributed by atoms with E-state index >= 15 is 0 Å². The zero-order valence-electron chi connectivity index (χ0n) is 7.87. The van der Waals surface area contributed by atoms with E-state index in [1.165, 1.54) is 0 Å². The highest BCUT2D eigenvalue weighted by Gasteiger charge is 2.17. The van der Waals surface area contributed by atoms with Crippen molar-refractivity contribution in [1.29, 1.82) is 0 Å². The molecule has 0 saturated carbocycles. The van der Waals surface area contributed by atoms with Crippen molar-refractivity contribution in [2.45, 2.75) is 39.4 Å².